The number of nitrogens with zero attached hydrogens (tertiary/aromatic N) is 3. The number of anilines is 2. The zero-order valence-electron chi connectivity index (χ0n) is 22.6. The number of aryl methyl sites for hydroxylation is 1. The van der Waals surface area contributed by atoms with Gasteiger partial charge in [0.15, 0.2) is 0 Å². The first-order valence-corrected chi connectivity index (χ1v) is 14.0. The largest absolute Gasteiger partial charge is 0.362 e. The van der Waals surface area contributed by atoms with E-state index in [4.69, 9.17) is 9.97 Å². The van der Waals surface area contributed by atoms with Crippen molar-refractivity contribution in [3.8, 4) is 0 Å². The van der Waals surface area contributed by atoms with E-state index in [1.54, 1.807) is 0 Å². The topological polar surface area (TPSA) is 82.2 Å². The number of amides is 2. The first-order chi connectivity index (χ1) is 18.6. The highest BCUT2D eigenvalue weighted by molar-refractivity contribution is 5.75. The summed E-state index contributed by atoms with van der Waals surface area (Å²) in [5.41, 5.74) is 4.68. The molecule has 3 aromatic rings. The lowest BCUT2D eigenvalue weighted by atomic mass is 9.86. The summed E-state index contributed by atoms with van der Waals surface area (Å²) in [4.78, 5) is 24.8. The van der Waals surface area contributed by atoms with Crippen LogP contribution in [0, 0.1) is 5.92 Å². The van der Waals surface area contributed by atoms with Gasteiger partial charge in [0.25, 0.3) is 0 Å². The van der Waals surface area contributed by atoms with Crippen molar-refractivity contribution in [1.82, 2.24) is 20.6 Å². The maximum atomic E-state index is 12.9. The molecule has 0 spiro atoms. The molecule has 5 rings (SSSR count). The Morgan fingerprint density at radius 2 is 1.53 bits per heavy atom. The number of carbonyl (C=O) groups excluding carboxylic acids is 1. The Bertz CT molecular complexity index is 1150. The van der Waals surface area contributed by atoms with Gasteiger partial charge in [-0.1, -0.05) is 60.7 Å². The summed E-state index contributed by atoms with van der Waals surface area (Å²) in [6.07, 6.45) is 8.81. The van der Waals surface area contributed by atoms with Crippen LogP contribution in [0.2, 0.25) is 0 Å². The molecular weight excluding hydrogens is 472 g/mol. The molecule has 2 amide bonds. The van der Waals surface area contributed by atoms with E-state index in [-0.39, 0.29) is 12.1 Å². The van der Waals surface area contributed by atoms with Gasteiger partial charge >= 0.3 is 6.03 Å². The van der Waals surface area contributed by atoms with Crippen molar-refractivity contribution in [2.45, 2.75) is 63.5 Å². The van der Waals surface area contributed by atoms with Crippen LogP contribution in [-0.2, 0) is 12.8 Å². The molecule has 2 aromatic carbocycles. The fraction of sp³-hybridized carbons (Fsp3) is 0.452. The van der Waals surface area contributed by atoms with Crippen LogP contribution in [-0.4, -0.2) is 42.7 Å². The highest BCUT2D eigenvalue weighted by Gasteiger charge is 2.25. The first-order valence-electron chi connectivity index (χ1n) is 14.0. The highest BCUT2D eigenvalue weighted by atomic mass is 16.2. The van der Waals surface area contributed by atoms with Gasteiger partial charge in [-0.05, 0) is 68.4 Å². The Kier molecular flexibility index (Phi) is 8.41. The summed E-state index contributed by atoms with van der Waals surface area (Å²) in [7, 11) is 4.13. The Balaban J connectivity index is 1.12. The zero-order chi connectivity index (χ0) is 26.3. The monoisotopic (exact) mass is 512 g/mol. The minimum atomic E-state index is -0.180. The molecule has 1 aromatic heterocycles. The minimum Gasteiger partial charge on any atom is -0.362 e. The standard InChI is InChI=1S/C31H40N6O/c1-37(2)29-26-15-9-10-16-27(26)34-30(36-29)33-25-19-17-22(18-20-25)21-32-31(38)35-28(23-11-5-3-6-12-23)24-13-7-4-8-14-24/h3-8,11-14,22,25,28H,9-10,15-21H2,1-2H3,(H2,32,35,38)(H,33,34,36). The van der Waals surface area contributed by atoms with Crippen molar-refractivity contribution >= 4 is 17.8 Å². The lowest BCUT2D eigenvalue weighted by Gasteiger charge is -2.30. The summed E-state index contributed by atoms with van der Waals surface area (Å²) in [6.45, 7) is 0.689. The Morgan fingerprint density at radius 3 is 2.16 bits per heavy atom. The van der Waals surface area contributed by atoms with E-state index in [1.807, 2.05) is 36.4 Å². The quantitative estimate of drug-likeness (QED) is 0.372. The molecule has 2 aliphatic rings. The molecule has 0 bridgehead atoms. The number of benzene rings is 2. The van der Waals surface area contributed by atoms with E-state index >= 15 is 0 Å². The third-order valence-electron chi connectivity index (χ3n) is 7.86. The van der Waals surface area contributed by atoms with Crippen molar-refractivity contribution < 1.29 is 4.79 Å². The summed E-state index contributed by atoms with van der Waals surface area (Å²) >= 11 is 0. The number of urea groups is 1. The summed E-state index contributed by atoms with van der Waals surface area (Å²) in [5, 5.41) is 9.95. The molecule has 0 saturated heterocycles. The number of fused-ring (bicyclic) bond motifs is 1. The Hall–Kier alpha value is -3.61. The molecule has 200 valence electrons. The second-order valence-electron chi connectivity index (χ2n) is 10.9. The molecule has 0 unspecified atom stereocenters. The number of rotatable bonds is 8. The van der Waals surface area contributed by atoms with Crippen molar-refractivity contribution in [2.24, 2.45) is 5.92 Å². The van der Waals surface area contributed by atoms with Crippen molar-refractivity contribution in [1.29, 1.82) is 0 Å². The summed E-state index contributed by atoms with van der Waals surface area (Å²) in [6, 6.07) is 20.3. The molecule has 2 aliphatic carbocycles. The van der Waals surface area contributed by atoms with Crippen molar-refractivity contribution in [3.63, 3.8) is 0 Å². The lowest BCUT2D eigenvalue weighted by molar-refractivity contribution is 0.233. The van der Waals surface area contributed by atoms with Crippen LogP contribution < -0.4 is 20.9 Å². The number of carbonyl (C=O) groups is 1. The SMILES string of the molecule is CN(C)c1nc(NC2CCC(CNC(=O)NC(c3ccccc3)c3ccccc3)CC2)nc2c1CCCC2. The highest BCUT2D eigenvalue weighted by Crippen LogP contribution is 2.30. The smallest absolute Gasteiger partial charge is 0.315 e. The molecule has 38 heavy (non-hydrogen) atoms. The molecule has 1 fully saturated rings. The molecule has 0 atom stereocenters. The van der Waals surface area contributed by atoms with Crippen LogP contribution in [0.1, 0.15) is 67.0 Å². The Labute approximate surface area is 226 Å². The van der Waals surface area contributed by atoms with E-state index in [9.17, 15) is 4.79 Å². The third kappa shape index (κ3) is 6.44. The second kappa shape index (κ2) is 12.3. The summed E-state index contributed by atoms with van der Waals surface area (Å²) in [5.74, 6) is 2.31. The van der Waals surface area contributed by atoms with Crippen LogP contribution in [0.15, 0.2) is 60.7 Å². The van der Waals surface area contributed by atoms with E-state index in [0.717, 1.165) is 61.4 Å². The maximum absolute atomic E-state index is 12.9. The van der Waals surface area contributed by atoms with Gasteiger partial charge in [-0.25, -0.2) is 9.78 Å². The van der Waals surface area contributed by atoms with Gasteiger partial charge < -0.3 is 20.9 Å². The minimum absolute atomic E-state index is 0.123. The van der Waals surface area contributed by atoms with Crippen LogP contribution in [0.3, 0.4) is 0 Å². The Morgan fingerprint density at radius 1 is 0.895 bits per heavy atom. The molecule has 1 heterocycles. The fourth-order valence-electron chi connectivity index (χ4n) is 5.77. The maximum Gasteiger partial charge on any atom is 0.315 e. The number of nitrogens with one attached hydrogen (secondary N) is 3. The average Bonchev–Trinajstić information content (AvgIpc) is 2.96. The van der Waals surface area contributed by atoms with Crippen molar-refractivity contribution in [2.75, 3.05) is 30.9 Å². The number of hydrogen-bond donors (Lipinski definition) is 3. The zero-order valence-corrected chi connectivity index (χ0v) is 22.6. The molecular formula is C31H40N6O. The molecule has 7 nitrogen and oxygen atoms in total. The van der Waals surface area contributed by atoms with Gasteiger partial charge in [0.1, 0.15) is 5.82 Å². The fourth-order valence-corrected chi connectivity index (χ4v) is 5.77. The lowest BCUT2D eigenvalue weighted by Crippen LogP contribution is -2.41. The van der Waals surface area contributed by atoms with E-state index in [0.29, 0.717) is 18.5 Å². The molecule has 1 saturated carbocycles. The molecule has 3 N–H and O–H groups in total. The normalized spacial score (nSPS) is 18.9. The molecule has 0 radical (unpaired) electrons. The van der Waals surface area contributed by atoms with Crippen molar-refractivity contribution in [3.05, 3.63) is 83.0 Å². The predicted molar refractivity (Wildman–Crippen MR) is 154 cm³/mol. The summed E-state index contributed by atoms with van der Waals surface area (Å²) < 4.78 is 0. The molecule has 7 heteroatoms. The second-order valence-corrected chi connectivity index (χ2v) is 10.9. The van der Waals surface area contributed by atoms with Gasteiger partial charge in [-0.15, -0.1) is 0 Å². The van der Waals surface area contributed by atoms with Crippen LogP contribution in [0.25, 0.3) is 0 Å². The van der Waals surface area contributed by atoms with Gasteiger partial charge in [0.2, 0.25) is 5.95 Å². The number of hydrogen-bond acceptors (Lipinski definition) is 5. The van der Waals surface area contributed by atoms with Crippen LogP contribution >= 0.6 is 0 Å². The van der Waals surface area contributed by atoms with Gasteiger partial charge in [0.05, 0.1) is 11.7 Å². The van der Waals surface area contributed by atoms with Gasteiger partial charge in [-0.3, -0.25) is 0 Å². The number of aromatic nitrogens is 2. The van der Waals surface area contributed by atoms with Gasteiger partial charge in [-0.2, -0.15) is 4.98 Å². The van der Waals surface area contributed by atoms with Gasteiger partial charge in [0, 0.05) is 32.2 Å². The average molecular weight is 513 g/mol. The first kappa shape index (κ1) is 26.0. The van der Waals surface area contributed by atoms with E-state index in [2.05, 4.69) is 59.2 Å². The van der Waals surface area contributed by atoms with Crippen LogP contribution in [0.5, 0.6) is 0 Å². The third-order valence-corrected chi connectivity index (χ3v) is 7.86. The predicted octanol–water partition coefficient (Wildman–Crippen LogP) is 5.48. The van der Waals surface area contributed by atoms with E-state index < -0.39 is 0 Å². The van der Waals surface area contributed by atoms with E-state index in [1.165, 1.54) is 24.1 Å². The molecule has 0 aliphatic heterocycles. The van der Waals surface area contributed by atoms with Crippen LogP contribution in [0.4, 0.5) is 16.6 Å².